The number of rotatable bonds is 4. The van der Waals surface area contributed by atoms with Gasteiger partial charge in [0.2, 0.25) is 0 Å². The highest BCUT2D eigenvalue weighted by Crippen LogP contribution is 2.36. The van der Waals surface area contributed by atoms with Crippen molar-refractivity contribution in [1.82, 2.24) is 0 Å². The number of halogens is 3. The number of anilines is 1. The Labute approximate surface area is 187 Å². The van der Waals surface area contributed by atoms with E-state index in [1.807, 2.05) is 6.07 Å². The van der Waals surface area contributed by atoms with E-state index in [2.05, 4.69) is 57.0 Å². The molecule has 4 rings (SSSR count). The Hall–Kier alpha value is -2.19. The molecule has 0 amide bonds. The van der Waals surface area contributed by atoms with Crippen LogP contribution < -0.4 is 10.1 Å². The molecular formula is C22H18ClFIN3O. The molecule has 1 aliphatic heterocycles. The van der Waals surface area contributed by atoms with Gasteiger partial charge in [-0.05, 0) is 77.9 Å². The van der Waals surface area contributed by atoms with E-state index in [0.29, 0.717) is 10.8 Å². The Kier molecular flexibility index (Phi) is 5.74. The molecule has 29 heavy (non-hydrogen) atoms. The second-order valence-electron chi connectivity index (χ2n) is 7.04. The number of fused-ring (bicyclic) bond motifs is 1. The summed E-state index contributed by atoms with van der Waals surface area (Å²) < 4.78 is 20.2. The summed E-state index contributed by atoms with van der Waals surface area (Å²) in [7, 11) is 0. The largest absolute Gasteiger partial charge is 0.487 e. The van der Waals surface area contributed by atoms with Crippen LogP contribution in [0.3, 0.4) is 0 Å². The highest BCUT2D eigenvalue weighted by molar-refractivity contribution is 14.1. The van der Waals surface area contributed by atoms with E-state index in [0.717, 1.165) is 29.1 Å². The van der Waals surface area contributed by atoms with Crippen molar-refractivity contribution in [1.29, 1.82) is 0 Å². The third kappa shape index (κ3) is 4.53. The number of nitrogens with zero attached hydrogens (tertiary/aromatic N) is 2. The van der Waals surface area contributed by atoms with Gasteiger partial charge in [0.05, 0.1) is 10.6 Å². The summed E-state index contributed by atoms with van der Waals surface area (Å²) in [5.74, 6) is 1.00. The number of aliphatic imine (C=N–C) groups is 2. The average Bonchev–Trinajstić information content (AvgIpc) is 2.68. The fourth-order valence-corrected chi connectivity index (χ4v) is 3.97. The number of ether oxygens (including phenoxy) is 1. The fourth-order valence-electron chi connectivity index (χ4n) is 3.21. The molecule has 2 aliphatic rings. The maximum atomic E-state index is 13.3. The van der Waals surface area contributed by atoms with Crippen LogP contribution in [0.5, 0.6) is 5.75 Å². The molecule has 1 unspecified atom stereocenters. The zero-order valence-electron chi connectivity index (χ0n) is 15.6. The summed E-state index contributed by atoms with van der Waals surface area (Å²) in [6, 6.07) is 11.8. The van der Waals surface area contributed by atoms with Crippen molar-refractivity contribution in [2.24, 2.45) is 9.98 Å². The van der Waals surface area contributed by atoms with Gasteiger partial charge in [0, 0.05) is 14.8 Å². The first kappa shape index (κ1) is 20.1. The van der Waals surface area contributed by atoms with Gasteiger partial charge in [0.1, 0.15) is 30.3 Å². The minimum absolute atomic E-state index is 0.240. The van der Waals surface area contributed by atoms with Crippen LogP contribution in [-0.2, 0) is 6.61 Å². The van der Waals surface area contributed by atoms with E-state index in [-0.39, 0.29) is 18.0 Å². The normalized spacial score (nSPS) is 20.3. The van der Waals surface area contributed by atoms with Gasteiger partial charge >= 0.3 is 0 Å². The lowest BCUT2D eigenvalue weighted by atomic mass is 9.84. The first-order valence-corrected chi connectivity index (χ1v) is 10.5. The van der Waals surface area contributed by atoms with Crippen molar-refractivity contribution in [3.63, 3.8) is 0 Å². The molecule has 1 N–H and O–H groups in total. The summed E-state index contributed by atoms with van der Waals surface area (Å²) in [4.78, 5) is 8.99. The van der Waals surface area contributed by atoms with Gasteiger partial charge in [-0.25, -0.2) is 9.38 Å². The number of hydrogen-bond donors (Lipinski definition) is 1. The van der Waals surface area contributed by atoms with Gasteiger partial charge in [-0.3, -0.25) is 4.99 Å². The molecule has 1 aliphatic carbocycles. The molecule has 148 valence electrons. The van der Waals surface area contributed by atoms with E-state index in [1.165, 1.54) is 15.7 Å². The van der Waals surface area contributed by atoms with Crippen molar-refractivity contribution >= 4 is 52.1 Å². The predicted octanol–water partition coefficient (Wildman–Crippen LogP) is 6.32. The van der Waals surface area contributed by atoms with Crippen molar-refractivity contribution < 1.29 is 9.13 Å². The minimum atomic E-state index is -0.309. The standard InChI is InChI=1S/C22H18ClFIN3O/c1-22-8-7-16(25)10-18(22)21(26-13-27-22)28-17-5-6-20(19(23)11-17)29-12-14-3-2-4-15(24)9-14/h2-7,9-11,13H,8,12H2,1H3,(H,26,27,28). The molecule has 4 nitrogen and oxygen atoms in total. The maximum Gasteiger partial charge on any atom is 0.138 e. The lowest BCUT2D eigenvalue weighted by molar-refractivity contribution is 0.306. The van der Waals surface area contributed by atoms with Crippen LogP contribution in [0.25, 0.3) is 0 Å². The summed E-state index contributed by atoms with van der Waals surface area (Å²) >= 11 is 8.71. The quantitative estimate of drug-likeness (QED) is 0.479. The smallest absolute Gasteiger partial charge is 0.138 e. The van der Waals surface area contributed by atoms with Crippen LogP contribution in [0.4, 0.5) is 10.1 Å². The Morgan fingerprint density at radius 1 is 1.28 bits per heavy atom. The number of allylic oxidation sites excluding steroid dienone is 2. The zero-order chi connectivity index (χ0) is 20.4. The lowest BCUT2D eigenvalue weighted by Gasteiger charge is -2.33. The van der Waals surface area contributed by atoms with Gasteiger partial charge in [-0.1, -0.05) is 29.8 Å². The number of nitrogens with one attached hydrogen (secondary N) is 1. The second-order valence-corrected chi connectivity index (χ2v) is 8.69. The molecule has 0 fully saturated rings. The zero-order valence-corrected chi connectivity index (χ0v) is 18.5. The molecular weight excluding hydrogens is 504 g/mol. The van der Waals surface area contributed by atoms with Gasteiger partial charge in [-0.15, -0.1) is 0 Å². The molecule has 2 aromatic carbocycles. The topological polar surface area (TPSA) is 46.0 Å². The highest BCUT2D eigenvalue weighted by atomic mass is 127. The molecule has 0 saturated heterocycles. The van der Waals surface area contributed by atoms with Crippen LogP contribution >= 0.6 is 34.2 Å². The third-order valence-electron chi connectivity index (χ3n) is 4.82. The van der Waals surface area contributed by atoms with Crippen molar-refractivity contribution in [2.75, 3.05) is 5.32 Å². The number of amidine groups is 1. The molecule has 0 saturated carbocycles. The average molecular weight is 522 g/mol. The first-order valence-electron chi connectivity index (χ1n) is 9.06. The lowest BCUT2D eigenvalue weighted by Crippen LogP contribution is -2.36. The maximum absolute atomic E-state index is 13.3. The molecule has 0 bridgehead atoms. The summed E-state index contributed by atoms with van der Waals surface area (Å²) in [6.45, 7) is 2.34. The molecule has 1 atom stereocenters. The van der Waals surface area contributed by atoms with Gasteiger partial charge < -0.3 is 10.1 Å². The molecule has 0 radical (unpaired) electrons. The Balaban J connectivity index is 1.49. The van der Waals surface area contributed by atoms with E-state index >= 15 is 0 Å². The molecule has 2 aromatic rings. The monoisotopic (exact) mass is 521 g/mol. The van der Waals surface area contributed by atoms with Crippen LogP contribution in [0.1, 0.15) is 18.9 Å². The molecule has 7 heteroatoms. The van der Waals surface area contributed by atoms with Crippen LogP contribution in [0.15, 0.2) is 73.8 Å². The van der Waals surface area contributed by atoms with Crippen molar-refractivity contribution in [3.8, 4) is 5.75 Å². The summed E-state index contributed by atoms with van der Waals surface area (Å²) in [5, 5.41) is 3.81. The second kappa shape index (κ2) is 8.28. The Morgan fingerprint density at radius 3 is 2.93 bits per heavy atom. The number of hydrogen-bond acceptors (Lipinski definition) is 4. The number of benzene rings is 2. The van der Waals surface area contributed by atoms with Gasteiger partial charge in [0.25, 0.3) is 0 Å². The Morgan fingerprint density at radius 2 is 2.14 bits per heavy atom. The van der Waals surface area contributed by atoms with Crippen molar-refractivity contribution in [2.45, 2.75) is 25.5 Å². The van der Waals surface area contributed by atoms with Crippen molar-refractivity contribution in [3.05, 3.63) is 80.2 Å². The Bertz CT molecular complexity index is 1080. The van der Waals surface area contributed by atoms with Crippen LogP contribution in [-0.4, -0.2) is 17.7 Å². The van der Waals surface area contributed by atoms with E-state index < -0.39 is 0 Å². The molecule has 1 heterocycles. The van der Waals surface area contributed by atoms with Crippen LogP contribution in [0.2, 0.25) is 5.02 Å². The van der Waals surface area contributed by atoms with Gasteiger partial charge in [-0.2, -0.15) is 0 Å². The molecule has 0 spiro atoms. The fraction of sp³-hybridized carbons (Fsp3) is 0.182. The first-order chi connectivity index (χ1) is 13.9. The SMILES string of the molecule is CC12CC=C(I)C=C1C(Nc1ccc(OCc3cccc(F)c3)c(Cl)c1)=NC=N2. The summed E-state index contributed by atoms with van der Waals surface area (Å²) in [6.07, 6.45) is 6.71. The van der Waals surface area contributed by atoms with E-state index in [4.69, 9.17) is 16.3 Å². The van der Waals surface area contributed by atoms with E-state index in [9.17, 15) is 4.39 Å². The van der Waals surface area contributed by atoms with E-state index in [1.54, 1.807) is 30.6 Å². The third-order valence-corrected chi connectivity index (χ3v) is 5.87. The van der Waals surface area contributed by atoms with Crippen LogP contribution in [0, 0.1) is 5.82 Å². The summed E-state index contributed by atoms with van der Waals surface area (Å²) in [5.41, 5.74) is 2.28. The highest BCUT2D eigenvalue weighted by Gasteiger charge is 2.34. The predicted molar refractivity (Wildman–Crippen MR) is 125 cm³/mol. The van der Waals surface area contributed by atoms with Gasteiger partial charge in [0.15, 0.2) is 0 Å². The molecule has 0 aromatic heterocycles. The minimum Gasteiger partial charge on any atom is -0.487 e.